The molecule has 0 amide bonds. The van der Waals surface area contributed by atoms with E-state index in [4.69, 9.17) is 9.47 Å². The van der Waals surface area contributed by atoms with Gasteiger partial charge in [-0.25, -0.2) is 0 Å². The predicted molar refractivity (Wildman–Crippen MR) is 73.9 cm³/mol. The molecule has 2 rings (SSSR count). The summed E-state index contributed by atoms with van der Waals surface area (Å²) in [6.07, 6.45) is 4.41. The first-order chi connectivity index (χ1) is 8.79. The summed E-state index contributed by atoms with van der Waals surface area (Å²) in [5.41, 5.74) is 1.20. The van der Waals surface area contributed by atoms with Gasteiger partial charge in [0.15, 0.2) is 0 Å². The molecule has 1 aliphatic rings. The average Bonchev–Trinajstić information content (AvgIpc) is 2.46. The fraction of sp³-hybridized carbons (Fsp3) is 0.467. The van der Waals surface area contributed by atoms with Gasteiger partial charge in [-0.1, -0.05) is 24.3 Å². The molecule has 0 spiro atoms. The molecule has 3 heteroatoms. The molecule has 18 heavy (non-hydrogen) atoms. The van der Waals surface area contributed by atoms with Crippen LogP contribution in [0.3, 0.4) is 0 Å². The summed E-state index contributed by atoms with van der Waals surface area (Å²) in [5, 5.41) is 0. The highest BCUT2D eigenvalue weighted by Gasteiger charge is 2.14. The molecule has 0 bridgehead atoms. The van der Waals surface area contributed by atoms with E-state index in [2.05, 4.69) is 36.1 Å². The van der Waals surface area contributed by atoms with Gasteiger partial charge in [-0.15, -0.1) is 0 Å². The van der Waals surface area contributed by atoms with Crippen LogP contribution in [0.15, 0.2) is 30.3 Å². The minimum absolute atomic E-state index is 0.455. The first-order valence-electron chi connectivity index (χ1n) is 6.43. The molecule has 1 fully saturated rings. The third-order valence-corrected chi connectivity index (χ3v) is 3.30. The van der Waals surface area contributed by atoms with Gasteiger partial charge in [-0.2, -0.15) is 0 Å². The second-order valence-corrected chi connectivity index (χ2v) is 4.52. The van der Waals surface area contributed by atoms with Crippen LogP contribution in [-0.2, 0) is 4.74 Å². The molecule has 1 unspecified atom stereocenters. The summed E-state index contributed by atoms with van der Waals surface area (Å²) in [6, 6.07) is 8.57. The molecule has 1 aromatic carbocycles. The monoisotopic (exact) mass is 247 g/mol. The first kappa shape index (κ1) is 13.1. The maximum Gasteiger partial charge on any atom is 0.118 e. The topological polar surface area (TPSA) is 21.7 Å². The van der Waals surface area contributed by atoms with Gasteiger partial charge in [0.1, 0.15) is 5.75 Å². The van der Waals surface area contributed by atoms with Gasteiger partial charge in [0.05, 0.1) is 20.3 Å². The van der Waals surface area contributed by atoms with E-state index in [1.54, 1.807) is 7.11 Å². The van der Waals surface area contributed by atoms with Crippen molar-refractivity contribution in [3.63, 3.8) is 0 Å². The van der Waals surface area contributed by atoms with Crippen molar-refractivity contribution in [2.24, 2.45) is 0 Å². The minimum Gasteiger partial charge on any atom is -0.497 e. The molecule has 0 aliphatic carbocycles. The second kappa shape index (κ2) is 6.57. The molecule has 1 aromatic rings. The Bertz CT molecular complexity index is 380. The van der Waals surface area contributed by atoms with Crippen LogP contribution in [0.5, 0.6) is 5.75 Å². The van der Waals surface area contributed by atoms with Gasteiger partial charge in [0.2, 0.25) is 0 Å². The normalized spacial score (nSPS) is 19.0. The fourth-order valence-corrected chi connectivity index (χ4v) is 2.07. The van der Waals surface area contributed by atoms with Gasteiger partial charge in [0.25, 0.3) is 0 Å². The molecular weight excluding hydrogens is 226 g/mol. The molecule has 1 heterocycles. The van der Waals surface area contributed by atoms with Crippen LogP contribution in [0.4, 0.5) is 0 Å². The number of benzene rings is 1. The minimum atomic E-state index is 0.455. The molecule has 0 saturated carbocycles. The lowest BCUT2D eigenvalue weighted by Gasteiger charge is -2.30. The Balaban J connectivity index is 1.92. The van der Waals surface area contributed by atoms with Crippen LogP contribution in [0.25, 0.3) is 6.08 Å². The van der Waals surface area contributed by atoms with Crippen LogP contribution in [-0.4, -0.2) is 44.4 Å². The van der Waals surface area contributed by atoms with E-state index < -0.39 is 0 Å². The summed E-state index contributed by atoms with van der Waals surface area (Å²) in [4.78, 5) is 2.43. The maximum atomic E-state index is 5.36. The highest BCUT2D eigenvalue weighted by atomic mass is 16.5. The van der Waals surface area contributed by atoms with Crippen LogP contribution < -0.4 is 4.74 Å². The van der Waals surface area contributed by atoms with E-state index in [1.165, 1.54) is 5.56 Å². The summed E-state index contributed by atoms with van der Waals surface area (Å²) in [6.45, 7) is 5.97. The Morgan fingerprint density at radius 3 is 2.50 bits per heavy atom. The number of nitrogens with zero attached hydrogens (tertiary/aromatic N) is 1. The summed E-state index contributed by atoms with van der Waals surface area (Å²) in [5.74, 6) is 0.897. The third kappa shape index (κ3) is 3.59. The van der Waals surface area contributed by atoms with E-state index >= 15 is 0 Å². The van der Waals surface area contributed by atoms with Gasteiger partial charge in [-0.05, 0) is 24.6 Å². The number of ether oxygens (including phenoxy) is 2. The van der Waals surface area contributed by atoms with E-state index in [-0.39, 0.29) is 0 Å². The van der Waals surface area contributed by atoms with Crippen molar-refractivity contribution in [3.05, 3.63) is 35.9 Å². The van der Waals surface area contributed by atoms with Crippen molar-refractivity contribution < 1.29 is 9.47 Å². The molecule has 3 nitrogen and oxygen atoms in total. The SMILES string of the molecule is COc1ccc(/C=C/C(C)N2CCOCC2)cc1. The quantitative estimate of drug-likeness (QED) is 0.815. The zero-order valence-electron chi connectivity index (χ0n) is 11.1. The highest BCUT2D eigenvalue weighted by molar-refractivity contribution is 5.51. The number of methoxy groups -OCH3 is 1. The Kier molecular flexibility index (Phi) is 4.79. The fourth-order valence-electron chi connectivity index (χ4n) is 2.07. The Hall–Kier alpha value is -1.32. The van der Waals surface area contributed by atoms with Crippen molar-refractivity contribution in [3.8, 4) is 5.75 Å². The lowest BCUT2D eigenvalue weighted by molar-refractivity contribution is 0.0288. The number of hydrogen-bond acceptors (Lipinski definition) is 3. The van der Waals surface area contributed by atoms with Gasteiger partial charge in [-0.3, -0.25) is 4.90 Å². The van der Waals surface area contributed by atoms with Crippen LogP contribution in [0, 0.1) is 0 Å². The Morgan fingerprint density at radius 1 is 1.22 bits per heavy atom. The van der Waals surface area contributed by atoms with Crippen molar-refractivity contribution in [1.29, 1.82) is 0 Å². The van der Waals surface area contributed by atoms with Gasteiger partial charge in [0, 0.05) is 19.1 Å². The van der Waals surface area contributed by atoms with E-state index in [0.717, 1.165) is 32.1 Å². The smallest absolute Gasteiger partial charge is 0.118 e. The molecule has 1 atom stereocenters. The number of morpholine rings is 1. The van der Waals surface area contributed by atoms with Crippen LogP contribution in [0.2, 0.25) is 0 Å². The van der Waals surface area contributed by atoms with E-state index in [9.17, 15) is 0 Å². The van der Waals surface area contributed by atoms with Crippen molar-refractivity contribution in [2.45, 2.75) is 13.0 Å². The molecular formula is C15H21NO2. The third-order valence-electron chi connectivity index (χ3n) is 3.30. The van der Waals surface area contributed by atoms with Gasteiger partial charge >= 0.3 is 0 Å². The molecule has 0 aromatic heterocycles. The first-order valence-corrected chi connectivity index (χ1v) is 6.43. The molecule has 98 valence electrons. The van der Waals surface area contributed by atoms with Crippen LogP contribution in [0.1, 0.15) is 12.5 Å². The largest absolute Gasteiger partial charge is 0.497 e. The standard InChI is InChI=1S/C15H21NO2/c1-13(16-9-11-18-12-10-16)3-4-14-5-7-15(17-2)8-6-14/h3-8,13H,9-12H2,1-2H3/b4-3+. The van der Waals surface area contributed by atoms with Crippen molar-refractivity contribution in [2.75, 3.05) is 33.4 Å². The van der Waals surface area contributed by atoms with E-state index in [0.29, 0.717) is 6.04 Å². The Labute approximate surface area is 109 Å². The highest BCUT2D eigenvalue weighted by Crippen LogP contribution is 2.13. The summed E-state index contributed by atoms with van der Waals surface area (Å²) < 4.78 is 10.5. The Morgan fingerprint density at radius 2 is 1.89 bits per heavy atom. The van der Waals surface area contributed by atoms with Crippen LogP contribution >= 0.6 is 0 Å². The molecule has 0 N–H and O–H groups in total. The molecule has 0 radical (unpaired) electrons. The van der Waals surface area contributed by atoms with E-state index in [1.807, 2.05) is 12.1 Å². The lowest BCUT2D eigenvalue weighted by Crippen LogP contribution is -2.41. The summed E-state index contributed by atoms with van der Waals surface area (Å²) >= 11 is 0. The zero-order valence-corrected chi connectivity index (χ0v) is 11.1. The maximum absolute atomic E-state index is 5.36. The second-order valence-electron chi connectivity index (χ2n) is 4.52. The van der Waals surface area contributed by atoms with Gasteiger partial charge < -0.3 is 9.47 Å². The molecule has 1 aliphatic heterocycles. The zero-order chi connectivity index (χ0) is 12.8. The average molecular weight is 247 g/mol. The predicted octanol–water partition coefficient (Wildman–Crippen LogP) is 2.43. The summed E-state index contributed by atoms with van der Waals surface area (Å²) in [7, 11) is 1.69. The number of rotatable bonds is 4. The number of hydrogen-bond donors (Lipinski definition) is 0. The van der Waals surface area contributed by atoms with Crippen molar-refractivity contribution >= 4 is 6.08 Å². The van der Waals surface area contributed by atoms with Crippen molar-refractivity contribution in [1.82, 2.24) is 4.90 Å². The lowest BCUT2D eigenvalue weighted by atomic mass is 10.1. The molecule has 1 saturated heterocycles.